The fraction of sp³-hybridized carbons (Fsp3) is 0.682. The second-order valence-electron chi connectivity index (χ2n) is 9.00. The zero-order chi connectivity index (χ0) is 23.8. The molecule has 7 nitrogen and oxygen atoms in total. The molecule has 0 radical (unpaired) electrons. The van der Waals surface area contributed by atoms with Crippen molar-refractivity contribution in [2.45, 2.75) is 73.1 Å². The van der Waals surface area contributed by atoms with Gasteiger partial charge < -0.3 is 13.8 Å². The molecule has 1 aromatic rings. The molecule has 0 saturated carbocycles. The predicted molar refractivity (Wildman–Crippen MR) is 122 cm³/mol. The van der Waals surface area contributed by atoms with Gasteiger partial charge in [-0.3, -0.25) is 0 Å². The molecule has 0 unspecified atom stereocenters. The summed E-state index contributed by atoms with van der Waals surface area (Å²) in [4.78, 5) is 13.5. The van der Waals surface area contributed by atoms with Crippen molar-refractivity contribution < 1.29 is 22.1 Å². The van der Waals surface area contributed by atoms with Gasteiger partial charge in [-0.15, -0.1) is 0 Å². The van der Waals surface area contributed by atoms with Gasteiger partial charge in [-0.2, -0.15) is 13.1 Å². The molecule has 0 aliphatic rings. The van der Waals surface area contributed by atoms with Gasteiger partial charge in [0.1, 0.15) is 5.75 Å². The maximum atomic E-state index is 11.9. The van der Waals surface area contributed by atoms with Gasteiger partial charge in [0.25, 0.3) is 0 Å². The highest BCUT2D eigenvalue weighted by Crippen LogP contribution is 2.33. The summed E-state index contributed by atoms with van der Waals surface area (Å²) in [5.41, 5.74) is 1.51. The molecule has 0 saturated heterocycles. The van der Waals surface area contributed by atoms with E-state index in [0.717, 1.165) is 18.2 Å². The zero-order valence-electron chi connectivity index (χ0n) is 20.3. The first-order chi connectivity index (χ1) is 13.6. The largest absolute Gasteiger partial charge is 0.452 e. The third-order valence-electron chi connectivity index (χ3n) is 4.58. The molecule has 0 atom stereocenters. The first-order valence-corrected chi connectivity index (χ1v) is 11.7. The smallest absolute Gasteiger partial charge is 0.423 e. The van der Waals surface area contributed by atoms with Crippen LogP contribution in [0.25, 0.3) is 0 Å². The Morgan fingerprint density at radius 1 is 0.900 bits per heavy atom. The molecule has 1 N–H and O–H groups in total. The van der Waals surface area contributed by atoms with Crippen molar-refractivity contribution in [3.05, 3.63) is 29.3 Å². The molecular formula is C22H40N2O5S. The molecule has 1 aromatic carbocycles. The van der Waals surface area contributed by atoms with Gasteiger partial charge in [0, 0.05) is 0 Å². The van der Waals surface area contributed by atoms with Crippen molar-refractivity contribution in [1.29, 1.82) is 0 Å². The van der Waals surface area contributed by atoms with Crippen LogP contribution in [0.15, 0.2) is 18.2 Å². The lowest BCUT2D eigenvalue weighted by molar-refractivity contribution is 0.177. The molecule has 0 fully saturated rings. The fourth-order valence-corrected chi connectivity index (χ4v) is 3.15. The number of benzene rings is 1. The van der Waals surface area contributed by atoms with E-state index in [4.69, 9.17) is 4.18 Å². The Kier molecular flexibility index (Phi) is 10.9. The second-order valence-corrected chi connectivity index (χ2v) is 10.3. The highest BCUT2D eigenvalue weighted by atomic mass is 32.2. The quantitative estimate of drug-likeness (QED) is 0.690. The number of nitrogens with zero attached hydrogens (tertiary/aromatic N) is 1. The van der Waals surface area contributed by atoms with Gasteiger partial charge in [0.15, 0.2) is 0 Å². The monoisotopic (exact) mass is 444 g/mol. The van der Waals surface area contributed by atoms with Gasteiger partial charge in [0.05, 0.1) is 7.11 Å². The van der Waals surface area contributed by atoms with Crippen LogP contribution in [-0.2, 0) is 25.9 Å². The van der Waals surface area contributed by atoms with E-state index in [1.165, 1.54) is 19.6 Å². The first kappa shape index (κ1) is 28.2. The Morgan fingerprint density at radius 2 is 1.30 bits per heavy atom. The van der Waals surface area contributed by atoms with Crippen LogP contribution < -0.4 is 8.91 Å². The Hall–Kier alpha value is -1.80. The van der Waals surface area contributed by atoms with Gasteiger partial charge in [-0.05, 0) is 53.7 Å². The molecule has 1 amide bonds. The molecule has 0 aromatic heterocycles. The normalized spacial score (nSPS) is 12.1. The Bertz CT molecular complexity index is 736. The average Bonchev–Trinajstić information content (AvgIpc) is 2.61. The van der Waals surface area contributed by atoms with E-state index in [0.29, 0.717) is 0 Å². The number of rotatable bonds is 6. The SMILES string of the molecule is CCN(CC)CC.COC(=O)NS(=O)(=O)Oc1cc(C(C)(C)C)cc(C(C)(C)C)c1. The third kappa shape index (κ3) is 10.3. The first-order valence-electron chi connectivity index (χ1n) is 10.3. The summed E-state index contributed by atoms with van der Waals surface area (Å²) in [5, 5.41) is 0. The summed E-state index contributed by atoms with van der Waals surface area (Å²) in [7, 11) is -3.22. The Balaban J connectivity index is 0.00000103. The van der Waals surface area contributed by atoms with Crippen molar-refractivity contribution in [1.82, 2.24) is 9.62 Å². The van der Waals surface area contributed by atoms with Gasteiger partial charge in [-0.1, -0.05) is 68.4 Å². The molecule has 8 heteroatoms. The zero-order valence-corrected chi connectivity index (χ0v) is 21.1. The molecule has 0 bridgehead atoms. The summed E-state index contributed by atoms with van der Waals surface area (Å²) in [6.07, 6.45) is -1.10. The van der Waals surface area contributed by atoms with E-state index < -0.39 is 16.4 Å². The minimum Gasteiger partial charge on any atom is -0.452 e. The topological polar surface area (TPSA) is 84.9 Å². The van der Waals surface area contributed by atoms with Crippen molar-refractivity contribution >= 4 is 16.4 Å². The summed E-state index contributed by atoms with van der Waals surface area (Å²) in [6, 6.07) is 5.35. The van der Waals surface area contributed by atoms with Crippen molar-refractivity contribution in [3.8, 4) is 5.75 Å². The van der Waals surface area contributed by atoms with Crippen LogP contribution in [0.5, 0.6) is 5.75 Å². The van der Waals surface area contributed by atoms with Crippen LogP contribution in [0.4, 0.5) is 4.79 Å². The predicted octanol–water partition coefficient (Wildman–Crippen LogP) is 4.61. The molecular weight excluding hydrogens is 404 g/mol. The summed E-state index contributed by atoms with van der Waals surface area (Å²) < 4.78 is 34.7. The number of amides is 1. The summed E-state index contributed by atoms with van der Waals surface area (Å²) >= 11 is 0. The van der Waals surface area contributed by atoms with Crippen LogP contribution in [0.3, 0.4) is 0 Å². The molecule has 0 aliphatic carbocycles. The minimum atomic E-state index is -4.30. The highest BCUT2D eigenvalue weighted by Gasteiger charge is 2.23. The van der Waals surface area contributed by atoms with E-state index in [2.05, 4.69) is 30.4 Å². The number of nitrogens with one attached hydrogen (secondary N) is 1. The van der Waals surface area contributed by atoms with Crippen molar-refractivity contribution in [2.24, 2.45) is 0 Å². The Morgan fingerprint density at radius 3 is 1.57 bits per heavy atom. The highest BCUT2D eigenvalue weighted by molar-refractivity contribution is 7.85. The lowest BCUT2D eigenvalue weighted by Crippen LogP contribution is -2.34. The maximum absolute atomic E-state index is 11.9. The van der Waals surface area contributed by atoms with E-state index in [1.54, 1.807) is 16.9 Å². The van der Waals surface area contributed by atoms with Crippen molar-refractivity contribution in [3.63, 3.8) is 0 Å². The Labute approximate surface area is 183 Å². The van der Waals surface area contributed by atoms with Crippen LogP contribution in [0, 0.1) is 0 Å². The molecule has 0 heterocycles. The summed E-state index contributed by atoms with van der Waals surface area (Å²) in [5.74, 6) is 0.152. The van der Waals surface area contributed by atoms with Crippen LogP contribution >= 0.6 is 0 Å². The average molecular weight is 445 g/mol. The lowest BCUT2D eigenvalue weighted by atomic mass is 9.80. The fourth-order valence-electron chi connectivity index (χ4n) is 2.48. The van der Waals surface area contributed by atoms with Crippen molar-refractivity contribution in [2.75, 3.05) is 26.7 Å². The van der Waals surface area contributed by atoms with E-state index >= 15 is 0 Å². The molecule has 1 rings (SSSR count). The lowest BCUT2D eigenvalue weighted by Gasteiger charge is -2.25. The van der Waals surface area contributed by atoms with Crippen LogP contribution in [0.2, 0.25) is 0 Å². The van der Waals surface area contributed by atoms with E-state index in [-0.39, 0.29) is 16.6 Å². The van der Waals surface area contributed by atoms with Gasteiger partial charge >= 0.3 is 16.4 Å². The van der Waals surface area contributed by atoms with E-state index in [1.807, 2.05) is 47.6 Å². The number of ether oxygens (including phenoxy) is 1. The number of hydrogen-bond donors (Lipinski definition) is 1. The molecule has 0 spiro atoms. The molecule has 174 valence electrons. The van der Waals surface area contributed by atoms with E-state index in [9.17, 15) is 13.2 Å². The van der Waals surface area contributed by atoms with Crippen LogP contribution in [0.1, 0.15) is 73.4 Å². The minimum absolute atomic E-state index is 0.152. The molecule has 30 heavy (non-hydrogen) atoms. The standard InChI is InChI=1S/C16H25NO5S.C6H15N/c1-15(2,3)11-8-12(16(4,5)6)10-13(9-11)22-23(19,20)17-14(18)21-7;1-4-7(5-2)6-3/h8-10H,1-7H3,(H,17,18);4-6H2,1-3H3. The number of hydrogen-bond acceptors (Lipinski definition) is 6. The molecule has 0 aliphatic heterocycles. The maximum Gasteiger partial charge on any atom is 0.423 e. The summed E-state index contributed by atoms with van der Waals surface area (Å²) in [6.45, 7) is 22.3. The van der Waals surface area contributed by atoms with Gasteiger partial charge in [-0.25, -0.2) is 4.79 Å². The number of carbonyl (C=O) groups excluding carboxylic acids is 1. The number of carbonyl (C=O) groups is 1. The van der Waals surface area contributed by atoms with Crippen LogP contribution in [-0.4, -0.2) is 46.2 Å². The second kappa shape index (κ2) is 11.6. The van der Waals surface area contributed by atoms with Gasteiger partial charge in [0.2, 0.25) is 0 Å². The third-order valence-corrected chi connectivity index (χ3v) is 5.41. The number of methoxy groups -OCH3 is 1.